The first kappa shape index (κ1) is 16.5. The van der Waals surface area contributed by atoms with Crippen LogP contribution in [-0.4, -0.2) is 38.2 Å². The number of ether oxygens (including phenoxy) is 2. The summed E-state index contributed by atoms with van der Waals surface area (Å²) in [6.45, 7) is 2.28. The number of rotatable bonds is 3. The fourth-order valence-electron chi connectivity index (χ4n) is 3.05. The highest BCUT2D eigenvalue weighted by Crippen LogP contribution is 2.32. The van der Waals surface area contributed by atoms with Crippen LogP contribution in [0, 0.1) is 0 Å². The minimum Gasteiger partial charge on any atom is -0.467 e. The Morgan fingerprint density at radius 1 is 1.43 bits per heavy atom. The largest absolute Gasteiger partial charge is 0.467 e. The summed E-state index contributed by atoms with van der Waals surface area (Å²) in [6.07, 6.45) is 0.512. The maximum absolute atomic E-state index is 12.3. The predicted octanol–water partition coefficient (Wildman–Crippen LogP) is 1.44. The van der Waals surface area contributed by atoms with E-state index in [0.29, 0.717) is 29.4 Å². The SMILES string of the molecule is C[C@@]1(NC(=O)Cc2cc(Cl)cc3c2OCOC3)CCS(=O)(=O)C1. The first-order valence-electron chi connectivity index (χ1n) is 7.30. The second kappa shape index (κ2) is 5.96. The molecule has 2 aliphatic rings. The minimum absolute atomic E-state index is 0.0241. The number of halogens is 1. The third kappa shape index (κ3) is 3.79. The average molecular weight is 360 g/mol. The second-order valence-corrected chi connectivity index (χ2v) is 8.91. The van der Waals surface area contributed by atoms with E-state index in [1.807, 2.05) is 0 Å². The van der Waals surface area contributed by atoms with E-state index >= 15 is 0 Å². The molecule has 23 heavy (non-hydrogen) atoms. The first-order chi connectivity index (χ1) is 10.8. The number of hydrogen-bond acceptors (Lipinski definition) is 5. The lowest BCUT2D eigenvalue weighted by molar-refractivity contribution is -0.122. The zero-order chi connectivity index (χ0) is 16.7. The summed E-state index contributed by atoms with van der Waals surface area (Å²) in [5.41, 5.74) is 0.775. The molecule has 1 fully saturated rings. The molecule has 0 saturated carbocycles. The van der Waals surface area contributed by atoms with Crippen molar-refractivity contribution in [2.24, 2.45) is 0 Å². The van der Waals surface area contributed by atoms with Gasteiger partial charge in [-0.1, -0.05) is 11.6 Å². The normalized spacial score (nSPS) is 25.5. The Hall–Kier alpha value is -1.31. The van der Waals surface area contributed by atoms with Crippen molar-refractivity contribution in [1.82, 2.24) is 5.32 Å². The van der Waals surface area contributed by atoms with Crippen LogP contribution in [0.3, 0.4) is 0 Å². The van der Waals surface area contributed by atoms with Gasteiger partial charge in [0, 0.05) is 16.1 Å². The molecule has 1 saturated heterocycles. The molecule has 0 bridgehead atoms. The van der Waals surface area contributed by atoms with Gasteiger partial charge >= 0.3 is 0 Å². The maximum atomic E-state index is 12.3. The van der Waals surface area contributed by atoms with Crippen LogP contribution in [0.2, 0.25) is 5.02 Å². The molecule has 0 aromatic heterocycles. The first-order valence-corrected chi connectivity index (χ1v) is 9.50. The van der Waals surface area contributed by atoms with E-state index in [1.165, 1.54) is 0 Å². The van der Waals surface area contributed by atoms with Crippen LogP contribution >= 0.6 is 11.6 Å². The van der Waals surface area contributed by atoms with Gasteiger partial charge < -0.3 is 14.8 Å². The Morgan fingerprint density at radius 2 is 2.22 bits per heavy atom. The molecular formula is C15H18ClNO5S. The van der Waals surface area contributed by atoms with Crippen molar-refractivity contribution >= 4 is 27.3 Å². The number of carbonyl (C=O) groups is 1. The van der Waals surface area contributed by atoms with Crippen LogP contribution in [0.4, 0.5) is 0 Å². The lowest BCUT2D eigenvalue weighted by Gasteiger charge is -2.25. The van der Waals surface area contributed by atoms with Gasteiger partial charge in [-0.05, 0) is 25.5 Å². The molecule has 1 N–H and O–H groups in total. The van der Waals surface area contributed by atoms with Gasteiger partial charge in [-0.15, -0.1) is 0 Å². The highest BCUT2D eigenvalue weighted by Gasteiger charge is 2.39. The summed E-state index contributed by atoms with van der Waals surface area (Å²) in [6, 6.07) is 3.45. The molecule has 2 heterocycles. The Labute approximate surface area is 140 Å². The molecule has 126 valence electrons. The van der Waals surface area contributed by atoms with Gasteiger partial charge in [0.15, 0.2) is 16.6 Å². The fraction of sp³-hybridized carbons (Fsp3) is 0.533. The van der Waals surface area contributed by atoms with Crippen LogP contribution in [-0.2, 0) is 32.4 Å². The van der Waals surface area contributed by atoms with Gasteiger partial charge in [-0.2, -0.15) is 0 Å². The van der Waals surface area contributed by atoms with E-state index in [2.05, 4.69) is 5.32 Å². The van der Waals surface area contributed by atoms with Gasteiger partial charge in [0.2, 0.25) is 5.91 Å². The van der Waals surface area contributed by atoms with Crippen molar-refractivity contribution in [3.05, 3.63) is 28.3 Å². The van der Waals surface area contributed by atoms with E-state index in [4.69, 9.17) is 21.1 Å². The molecular weight excluding hydrogens is 342 g/mol. The molecule has 0 aliphatic carbocycles. The second-order valence-electron chi connectivity index (χ2n) is 6.29. The number of hydrogen-bond donors (Lipinski definition) is 1. The monoisotopic (exact) mass is 359 g/mol. The zero-order valence-corrected chi connectivity index (χ0v) is 14.3. The lowest BCUT2D eigenvalue weighted by atomic mass is 10.0. The standard InChI is InChI=1S/C15H18ClNO5S/c1-15(2-3-23(19,20)8-15)17-13(18)6-10-4-12(16)5-11-7-21-9-22-14(10)11/h4-5H,2-3,6-9H2,1H3,(H,17,18)/t15-/m1/s1. The zero-order valence-electron chi connectivity index (χ0n) is 12.7. The molecule has 8 heteroatoms. The van der Waals surface area contributed by atoms with E-state index in [0.717, 1.165) is 5.56 Å². The average Bonchev–Trinajstić information content (AvgIpc) is 2.71. The van der Waals surface area contributed by atoms with Crippen LogP contribution in [0.25, 0.3) is 0 Å². The van der Waals surface area contributed by atoms with Gasteiger partial charge in [0.1, 0.15) is 5.75 Å². The van der Waals surface area contributed by atoms with Crippen molar-refractivity contribution in [2.45, 2.75) is 31.9 Å². The van der Waals surface area contributed by atoms with Crippen molar-refractivity contribution in [3.63, 3.8) is 0 Å². The van der Waals surface area contributed by atoms with E-state index < -0.39 is 15.4 Å². The highest BCUT2D eigenvalue weighted by atomic mass is 35.5. The van der Waals surface area contributed by atoms with Gasteiger partial charge in [0.05, 0.1) is 30.1 Å². The highest BCUT2D eigenvalue weighted by molar-refractivity contribution is 7.91. The number of benzene rings is 1. The van der Waals surface area contributed by atoms with Crippen LogP contribution < -0.4 is 10.1 Å². The quantitative estimate of drug-likeness (QED) is 0.883. The van der Waals surface area contributed by atoms with Gasteiger partial charge in [0.25, 0.3) is 0 Å². The van der Waals surface area contributed by atoms with E-state index in [-0.39, 0.29) is 30.6 Å². The fourth-order valence-corrected chi connectivity index (χ4v) is 5.41. The Balaban J connectivity index is 1.75. The van der Waals surface area contributed by atoms with Crippen LogP contribution in [0.1, 0.15) is 24.5 Å². The molecule has 0 radical (unpaired) electrons. The Bertz CT molecular complexity index is 748. The molecule has 2 aliphatic heterocycles. The molecule has 3 rings (SSSR count). The third-order valence-electron chi connectivity index (χ3n) is 4.05. The van der Waals surface area contributed by atoms with Crippen LogP contribution in [0.15, 0.2) is 12.1 Å². The van der Waals surface area contributed by atoms with Gasteiger partial charge in [-0.25, -0.2) is 8.42 Å². The maximum Gasteiger partial charge on any atom is 0.225 e. The topological polar surface area (TPSA) is 81.7 Å². The smallest absolute Gasteiger partial charge is 0.225 e. The number of nitrogens with one attached hydrogen (secondary N) is 1. The number of sulfone groups is 1. The van der Waals surface area contributed by atoms with Crippen molar-refractivity contribution in [3.8, 4) is 5.75 Å². The third-order valence-corrected chi connectivity index (χ3v) is 6.17. The molecule has 1 amide bonds. The number of amides is 1. The summed E-state index contributed by atoms with van der Waals surface area (Å²) in [4.78, 5) is 12.3. The van der Waals surface area contributed by atoms with Crippen LogP contribution in [0.5, 0.6) is 5.75 Å². The molecule has 1 aromatic rings. The van der Waals surface area contributed by atoms with Gasteiger partial charge in [-0.3, -0.25) is 4.79 Å². The van der Waals surface area contributed by atoms with Crippen molar-refractivity contribution in [1.29, 1.82) is 0 Å². The molecule has 6 nitrogen and oxygen atoms in total. The lowest BCUT2D eigenvalue weighted by Crippen LogP contribution is -2.47. The summed E-state index contributed by atoms with van der Waals surface area (Å²) < 4.78 is 33.9. The molecule has 1 atom stereocenters. The number of carbonyl (C=O) groups excluding carboxylic acids is 1. The molecule has 0 unspecified atom stereocenters. The van der Waals surface area contributed by atoms with Crippen molar-refractivity contribution in [2.75, 3.05) is 18.3 Å². The summed E-state index contributed by atoms with van der Waals surface area (Å²) in [5.74, 6) is 0.463. The van der Waals surface area contributed by atoms with Crippen molar-refractivity contribution < 1.29 is 22.7 Å². The predicted molar refractivity (Wildman–Crippen MR) is 85.3 cm³/mol. The Kier molecular flexibility index (Phi) is 4.29. The van der Waals surface area contributed by atoms with E-state index in [1.54, 1.807) is 19.1 Å². The van der Waals surface area contributed by atoms with E-state index in [9.17, 15) is 13.2 Å². The Morgan fingerprint density at radius 3 is 2.91 bits per heavy atom. The molecule has 1 aromatic carbocycles. The minimum atomic E-state index is -3.07. The number of fused-ring (bicyclic) bond motifs is 1. The summed E-state index contributed by atoms with van der Waals surface area (Å²) in [7, 11) is -3.07. The summed E-state index contributed by atoms with van der Waals surface area (Å²) in [5, 5.41) is 3.35. The molecule has 0 spiro atoms. The summed E-state index contributed by atoms with van der Waals surface area (Å²) >= 11 is 6.08.